The third kappa shape index (κ3) is 3.28. The molecule has 1 fully saturated rings. The van der Waals surface area contributed by atoms with E-state index in [1.165, 1.54) is 4.31 Å². The molecule has 1 aromatic rings. The zero-order valence-electron chi connectivity index (χ0n) is 12.0. The summed E-state index contributed by atoms with van der Waals surface area (Å²) in [6, 6.07) is 0. The molecule has 8 heteroatoms. The van der Waals surface area contributed by atoms with Gasteiger partial charge in [-0.25, -0.2) is 13.2 Å². The van der Waals surface area contributed by atoms with E-state index < -0.39 is 16.0 Å². The molecule has 0 radical (unpaired) electrons. The number of nitrogens with zero attached hydrogens (tertiary/aromatic N) is 1. The number of likely N-dealkylation sites (N-methyl/N-ethyl adjacent to an activating group) is 1. The number of hydrogen-bond acceptors (Lipinski definition) is 5. The number of carboxylic acids is 1. The van der Waals surface area contributed by atoms with E-state index in [9.17, 15) is 18.3 Å². The van der Waals surface area contributed by atoms with E-state index in [1.54, 1.807) is 19.2 Å². The van der Waals surface area contributed by atoms with Gasteiger partial charge in [0.1, 0.15) is 9.77 Å². The number of hydrogen-bond donors (Lipinski definition) is 1. The molecule has 0 saturated carbocycles. The molecule has 0 amide bonds. The normalized spacial score (nSPS) is 19.3. The number of aromatic carboxylic acids is 1. The molecule has 21 heavy (non-hydrogen) atoms. The summed E-state index contributed by atoms with van der Waals surface area (Å²) in [6.07, 6.45) is 1.66. The maximum absolute atomic E-state index is 12.8. The van der Waals surface area contributed by atoms with Crippen LogP contribution in [0.25, 0.3) is 0 Å². The minimum Gasteiger partial charge on any atom is -0.477 e. The highest BCUT2D eigenvalue weighted by molar-refractivity contribution is 7.89. The van der Waals surface area contributed by atoms with Crippen molar-refractivity contribution in [3.63, 3.8) is 0 Å². The lowest BCUT2D eigenvalue weighted by molar-refractivity contribution is 0.0698. The predicted molar refractivity (Wildman–Crippen MR) is 79.4 cm³/mol. The van der Waals surface area contributed by atoms with E-state index in [1.807, 2.05) is 0 Å². The molecule has 1 aromatic heterocycles. The number of rotatable bonds is 6. The summed E-state index contributed by atoms with van der Waals surface area (Å²) in [5.41, 5.74) is 0.475. The number of aryl methyl sites for hydroxylation is 1. The van der Waals surface area contributed by atoms with Gasteiger partial charge < -0.3 is 9.84 Å². The molecule has 1 atom stereocenters. The Balaban J connectivity index is 2.34. The Bertz CT molecular complexity index is 617. The Hall–Kier alpha value is -0.960. The average molecular weight is 333 g/mol. The standard InChI is InChI=1S/C13H19NO5S2/c1-3-14(7-10-5-4-6-19-10)21(17,18)12-9(2)8-20-11(12)13(15)16/h8,10H,3-7H2,1-2H3,(H,15,16). The zero-order valence-corrected chi connectivity index (χ0v) is 13.7. The Labute approximate surface area is 128 Å². The highest BCUT2D eigenvalue weighted by Gasteiger charge is 2.33. The van der Waals surface area contributed by atoms with Gasteiger partial charge in [0.2, 0.25) is 10.0 Å². The number of carbonyl (C=O) groups is 1. The lowest BCUT2D eigenvalue weighted by atomic mass is 10.2. The van der Waals surface area contributed by atoms with E-state index in [4.69, 9.17) is 4.74 Å². The van der Waals surface area contributed by atoms with Crippen molar-refractivity contribution in [2.45, 2.75) is 37.7 Å². The molecule has 0 aromatic carbocycles. The minimum absolute atomic E-state index is 0.0835. The number of carboxylic acid groups (broad SMARTS) is 1. The molecule has 6 nitrogen and oxygen atoms in total. The van der Waals surface area contributed by atoms with Gasteiger partial charge in [0, 0.05) is 19.7 Å². The van der Waals surface area contributed by atoms with Crippen LogP contribution in [0.4, 0.5) is 0 Å². The molecule has 1 aliphatic rings. The van der Waals surface area contributed by atoms with Gasteiger partial charge in [-0.3, -0.25) is 0 Å². The fraction of sp³-hybridized carbons (Fsp3) is 0.615. The molecule has 2 heterocycles. The molecule has 0 aliphatic carbocycles. The van der Waals surface area contributed by atoms with Crippen molar-refractivity contribution in [1.29, 1.82) is 0 Å². The maximum Gasteiger partial charge on any atom is 0.347 e. The average Bonchev–Trinajstić information content (AvgIpc) is 3.04. The summed E-state index contributed by atoms with van der Waals surface area (Å²) in [7, 11) is -3.82. The van der Waals surface area contributed by atoms with E-state index >= 15 is 0 Å². The summed E-state index contributed by atoms with van der Waals surface area (Å²) in [5.74, 6) is -1.21. The molecular weight excluding hydrogens is 314 g/mol. The van der Waals surface area contributed by atoms with Crippen LogP contribution in [0.3, 0.4) is 0 Å². The maximum atomic E-state index is 12.8. The second-order valence-corrected chi connectivity index (χ2v) is 7.73. The van der Waals surface area contributed by atoms with Crippen molar-refractivity contribution in [2.75, 3.05) is 19.7 Å². The Morgan fingerprint density at radius 3 is 2.81 bits per heavy atom. The summed E-state index contributed by atoms with van der Waals surface area (Å²) >= 11 is 0.945. The van der Waals surface area contributed by atoms with Crippen molar-refractivity contribution in [1.82, 2.24) is 4.31 Å². The van der Waals surface area contributed by atoms with Gasteiger partial charge in [-0.1, -0.05) is 6.92 Å². The summed E-state index contributed by atoms with van der Waals surface area (Å²) in [5, 5.41) is 10.7. The summed E-state index contributed by atoms with van der Waals surface area (Å²) in [6.45, 7) is 4.58. The minimum atomic E-state index is -3.82. The van der Waals surface area contributed by atoms with Gasteiger partial charge in [0.25, 0.3) is 0 Å². The topological polar surface area (TPSA) is 83.9 Å². The second kappa shape index (κ2) is 6.43. The largest absolute Gasteiger partial charge is 0.477 e. The number of sulfonamides is 1. The first-order chi connectivity index (χ1) is 9.87. The predicted octanol–water partition coefficient (Wildman–Crippen LogP) is 1.94. The van der Waals surface area contributed by atoms with Crippen molar-refractivity contribution in [2.24, 2.45) is 0 Å². The van der Waals surface area contributed by atoms with Crippen LogP contribution in [-0.4, -0.2) is 49.6 Å². The van der Waals surface area contributed by atoms with Crippen LogP contribution in [0.15, 0.2) is 10.3 Å². The third-order valence-corrected chi connectivity index (χ3v) is 6.84. The van der Waals surface area contributed by atoms with E-state index in [2.05, 4.69) is 0 Å². The summed E-state index contributed by atoms with van der Waals surface area (Å²) < 4.78 is 32.3. The molecule has 2 rings (SSSR count). The van der Waals surface area contributed by atoms with Crippen LogP contribution in [0.5, 0.6) is 0 Å². The molecule has 1 saturated heterocycles. The van der Waals surface area contributed by atoms with Crippen molar-refractivity contribution >= 4 is 27.3 Å². The zero-order chi connectivity index (χ0) is 15.6. The monoisotopic (exact) mass is 333 g/mol. The molecule has 1 unspecified atom stereocenters. The first-order valence-electron chi connectivity index (χ1n) is 6.81. The first-order valence-corrected chi connectivity index (χ1v) is 9.13. The number of thiophene rings is 1. The van der Waals surface area contributed by atoms with Gasteiger partial charge in [0.05, 0.1) is 6.10 Å². The smallest absolute Gasteiger partial charge is 0.347 e. The van der Waals surface area contributed by atoms with Crippen LogP contribution in [-0.2, 0) is 14.8 Å². The first kappa shape index (κ1) is 16.4. The van der Waals surface area contributed by atoms with Gasteiger partial charge in [0.15, 0.2) is 0 Å². The van der Waals surface area contributed by atoms with E-state index in [-0.39, 0.29) is 29.0 Å². The highest BCUT2D eigenvalue weighted by Crippen LogP contribution is 2.30. The number of ether oxygens (including phenoxy) is 1. The Morgan fingerprint density at radius 2 is 2.29 bits per heavy atom. The van der Waals surface area contributed by atoms with Crippen molar-refractivity contribution in [3.05, 3.63) is 15.8 Å². The summed E-state index contributed by atoms with van der Waals surface area (Å²) in [4.78, 5) is 11.0. The van der Waals surface area contributed by atoms with Crippen molar-refractivity contribution < 1.29 is 23.1 Å². The van der Waals surface area contributed by atoms with Gasteiger partial charge in [-0.05, 0) is 30.7 Å². The van der Waals surface area contributed by atoms with E-state index in [0.717, 1.165) is 24.2 Å². The molecular formula is C13H19NO5S2. The third-order valence-electron chi connectivity index (χ3n) is 3.49. The van der Waals surface area contributed by atoms with Crippen LogP contribution < -0.4 is 0 Å². The molecule has 0 spiro atoms. The fourth-order valence-electron chi connectivity index (χ4n) is 2.44. The van der Waals surface area contributed by atoms with Crippen molar-refractivity contribution in [3.8, 4) is 0 Å². The molecule has 118 valence electrons. The van der Waals surface area contributed by atoms with Crippen LogP contribution in [0, 0.1) is 6.92 Å². The SMILES string of the molecule is CCN(CC1CCCO1)S(=O)(=O)c1c(C)csc1C(=O)O. The van der Waals surface area contributed by atoms with Gasteiger partial charge in [-0.2, -0.15) is 4.31 Å². The molecule has 0 bridgehead atoms. The lowest BCUT2D eigenvalue weighted by Gasteiger charge is -2.23. The van der Waals surface area contributed by atoms with Crippen LogP contribution in [0.1, 0.15) is 35.0 Å². The Morgan fingerprint density at radius 1 is 1.57 bits per heavy atom. The molecule has 1 N–H and O–H groups in total. The lowest BCUT2D eigenvalue weighted by Crippen LogP contribution is -2.37. The van der Waals surface area contributed by atoms with Crippen LogP contribution in [0.2, 0.25) is 0 Å². The van der Waals surface area contributed by atoms with E-state index in [0.29, 0.717) is 12.2 Å². The highest BCUT2D eigenvalue weighted by atomic mass is 32.2. The van der Waals surface area contributed by atoms with Gasteiger partial charge in [-0.15, -0.1) is 11.3 Å². The van der Waals surface area contributed by atoms with Crippen LogP contribution >= 0.6 is 11.3 Å². The fourth-order valence-corrected chi connectivity index (χ4v) is 5.51. The quantitative estimate of drug-likeness (QED) is 0.860. The molecule has 1 aliphatic heterocycles. The Kier molecular flexibility index (Phi) is 5.03. The van der Waals surface area contributed by atoms with Gasteiger partial charge >= 0.3 is 5.97 Å². The second-order valence-electron chi connectivity index (χ2n) is 4.97.